The lowest BCUT2D eigenvalue weighted by atomic mass is 10.1. The molecule has 82 valence electrons. The summed E-state index contributed by atoms with van der Waals surface area (Å²) in [6, 6.07) is 0. The fourth-order valence-electron chi connectivity index (χ4n) is 1.30. The zero-order valence-electron chi connectivity index (χ0n) is 9.34. The molecule has 0 aliphatic rings. The lowest BCUT2D eigenvalue weighted by molar-refractivity contribution is -0.152. The third-order valence-electron chi connectivity index (χ3n) is 2.08. The van der Waals surface area contributed by atoms with E-state index < -0.39 is 6.10 Å². The normalized spacial score (nSPS) is 12.2. The van der Waals surface area contributed by atoms with Crippen molar-refractivity contribution in [2.45, 2.75) is 59.0 Å². The number of ether oxygens (including phenoxy) is 1. The maximum atomic E-state index is 11.1. The Balaban J connectivity index is 3.74. The molecule has 3 heteroatoms. The molecule has 0 aliphatic heterocycles. The highest BCUT2D eigenvalue weighted by molar-refractivity contribution is 5.82. The fraction of sp³-hybridized carbons (Fsp3) is 0.818. The topological polar surface area (TPSA) is 43.4 Å². The molecular formula is C11H20O3. The number of hydrogen-bond donors (Lipinski definition) is 0. The van der Waals surface area contributed by atoms with Crippen LogP contribution in [0.15, 0.2) is 0 Å². The van der Waals surface area contributed by atoms with E-state index in [4.69, 9.17) is 4.74 Å². The highest BCUT2D eigenvalue weighted by atomic mass is 16.5. The number of Topliss-reactive ketones (excluding diaryl/α,β-unsaturated/α-hetero) is 1. The van der Waals surface area contributed by atoms with Gasteiger partial charge in [-0.1, -0.05) is 26.2 Å². The predicted molar refractivity (Wildman–Crippen MR) is 55.0 cm³/mol. The van der Waals surface area contributed by atoms with Crippen LogP contribution >= 0.6 is 0 Å². The van der Waals surface area contributed by atoms with Gasteiger partial charge in [0.25, 0.3) is 0 Å². The van der Waals surface area contributed by atoms with Crippen molar-refractivity contribution in [3.8, 4) is 0 Å². The molecule has 0 spiro atoms. The van der Waals surface area contributed by atoms with Gasteiger partial charge in [-0.15, -0.1) is 0 Å². The van der Waals surface area contributed by atoms with Crippen LogP contribution in [0.3, 0.4) is 0 Å². The van der Waals surface area contributed by atoms with Gasteiger partial charge < -0.3 is 4.74 Å². The number of ketones is 1. The van der Waals surface area contributed by atoms with Gasteiger partial charge in [-0.2, -0.15) is 0 Å². The second-order valence-corrected chi connectivity index (χ2v) is 3.56. The average molecular weight is 200 g/mol. The fourth-order valence-corrected chi connectivity index (χ4v) is 1.30. The first-order chi connectivity index (χ1) is 6.57. The van der Waals surface area contributed by atoms with E-state index >= 15 is 0 Å². The van der Waals surface area contributed by atoms with E-state index in [0.717, 1.165) is 19.3 Å². The third kappa shape index (κ3) is 6.63. The van der Waals surface area contributed by atoms with Crippen molar-refractivity contribution >= 4 is 11.8 Å². The highest BCUT2D eigenvalue weighted by Crippen LogP contribution is 2.09. The Kier molecular flexibility index (Phi) is 7.07. The monoisotopic (exact) mass is 200 g/mol. The quantitative estimate of drug-likeness (QED) is 0.468. The van der Waals surface area contributed by atoms with Crippen LogP contribution in [0.5, 0.6) is 0 Å². The lowest BCUT2D eigenvalue weighted by Crippen LogP contribution is -2.23. The Morgan fingerprint density at radius 1 is 1.14 bits per heavy atom. The largest absolute Gasteiger partial charge is 0.455 e. The second kappa shape index (κ2) is 7.54. The summed E-state index contributed by atoms with van der Waals surface area (Å²) >= 11 is 0. The molecule has 1 atom stereocenters. The molecule has 0 radical (unpaired) electrons. The van der Waals surface area contributed by atoms with Crippen molar-refractivity contribution < 1.29 is 14.3 Å². The molecule has 0 saturated carbocycles. The smallest absolute Gasteiger partial charge is 0.303 e. The molecule has 0 rings (SSSR count). The van der Waals surface area contributed by atoms with Crippen LogP contribution in [-0.4, -0.2) is 17.9 Å². The van der Waals surface area contributed by atoms with E-state index in [2.05, 4.69) is 6.92 Å². The van der Waals surface area contributed by atoms with Crippen molar-refractivity contribution in [3.63, 3.8) is 0 Å². The summed E-state index contributed by atoms with van der Waals surface area (Å²) in [4.78, 5) is 21.7. The maximum Gasteiger partial charge on any atom is 0.303 e. The van der Waals surface area contributed by atoms with Gasteiger partial charge in [-0.05, 0) is 19.8 Å². The van der Waals surface area contributed by atoms with Crippen molar-refractivity contribution in [1.82, 2.24) is 0 Å². The Morgan fingerprint density at radius 2 is 1.79 bits per heavy atom. The summed E-state index contributed by atoms with van der Waals surface area (Å²) in [6.45, 7) is 4.93. The number of carbonyl (C=O) groups excluding carboxylic acids is 2. The zero-order valence-corrected chi connectivity index (χ0v) is 9.34. The lowest BCUT2D eigenvalue weighted by Gasteiger charge is -2.13. The van der Waals surface area contributed by atoms with Gasteiger partial charge in [0.2, 0.25) is 0 Å². The predicted octanol–water partition coefficient (Wildman–Crippen LogP) is 2.48. The van der Waals surface area contributed by atoms with Crippen LogP contribution in [0.25, 0.3) is 0 Å². The Labute approximate surface area is 85.8 Å². The third-order valence-corrected chi connectivity index (χ3v) is 2.08. The summed E-state index contributed by atoms with van der Waals surface area (Å²) < 4.78 is 4.90. The van der Waals surface area contributed by atoms with Crippen LogP contribution < -0.4 is 0 Å². The number of unbranched alkanes of at least 4 members (excludes halogenated alkanes) is 3. The summed E-state index contributed by atoms with van der Waals surface area (Å²) in [6.07, 6.45) is 4.52. The number of rotatable bonds is 7. The van der Waals surface area contributed by atoms with Gasteiger partial charge >= 0.3 is 5.97 Å². The van der Waals surface area contributed by atoms with E-state index in [0.29, 0.717) is 6.42 Å². The van der Waals surface area contributed by atoms with Crippen molar-refractivity contribution in [3.05, 3.63) is 0 Å². The average Bonchev–Trinajstić information content (AvgIpc) is 2.09. The first-order valence-electron chi connectivity index (χ1n) is 5.25. The molecule has 0 aliphatic carbocycles. The molecule has 0 N–H and O–H groups in total. The SMILES string of the molecule is CCCCCCC(OC(C)=O)C(C)=O. The van der Waals surface area contributed by atoms with Gasteiger partial charge in [0.15, 0.2) is 11.9 Å². The zero-order chi connectivity index (χ0) is 11.0. The molecule has 0 saturated heterocycles. The summed E-state index contributed by atoms with van der Waals surface area (Å²) in [5, 5.41) is 0. The van der Waals surface area contributed by atoms with Crippen LogP contribution in [0.2, 0.25) is 0 Å². The minimum Gasteiger partial charge on any atom is -0.455 e. The maximum absolute atomic E-state index is 11.1. The van der Waals surface area contributed by atoms with Gasteiger partial charge in [0, 0.05) is 6.92 Å². The number of hydrogen-bond acceptors (Lipinski definition) is 3. The molecule has 1 unspecified atom stereocenters. The van der Waals surface area contributed by atoms with Crippen molar-refractivity contribution in [2.75, 3.05) is 0 Å². The van der Waals surface area contributed by atoms with Crippen LogP contribution in [-0.2, 0) is 14.3 Å². The summed E-state index contributed by atoms with van der Waals surface area (Å²) in [5.41, 5.74) is 0. The first-order valence-corrected chi connectivity index (χ1v) is 5.25. The molecule has 0 aromatic heterocycles. The van der Waals surface area contributed by atoms with E-state index in [1.165, 1.54) is 20.3 Å². The summed E-state index contributed by atoms with van der Waals surface area (Å²) in [5.74, 6) is -0.433. The minimum atomic E-state index is -0.524. The molecule has 0 heterocycles. The van der Waals surface area contributed by atoms with E-state index in [9.17, 15) is 9.59 Å². The van der Waals surface area contributed by atoms with Gasteiger partial charge in [-0.25, -0.2) is 0 Å². The number of carbonyl (C=O) groups is 2. The standard InChI is InChI=1S/C11H20O3/c1-4-5-6-7-8-11(9(2)12)14-10(3)13/h11H,4-8H2,1-3H3. The van der Waals surface area contributed by atoms with Crippen LogP contribution in [0, 0.1) is 0 Å². The van der Waals surface area contributed by atoms with Crippen LogP contribution in [0.4, 0.5) is 0 Å². The van der Waals surface area contributed by atoms with E-state index in [1.807, 2.05) is 0 Å². The molecule has 14 heavy (non-hydrogen) atoms. The molecule has 3 nitrogen and oxygen atoms in total. The van der Waals surface area contributed by atoms with Crippen LogP contribution in [0.1, 0.15) is 52.9 Å². The molecule has 0 amide bonds. The van der Waals surface area contributed by atoms with Gasteiger partial charge in [0.1, 0.15) is 0 Å². The first kappa shape index (κ1) is 13.1. The molecule has 0 aromatic rings. The van der Waals surface area contributed by atoms with E-state index in [1.54, 1.807) is 0 Å². The van der Waals surface area contributed by atoms with Crippen molar-refractivity contribution in [2.24, 2.45) is 0 Å². The number of esters is 1. The minimum absolute atomic E-state index is 0.0586. The molecule has 0 aromatic carbocycles. The summed E-state index contributed by atoms with van der Waals surface area (Å²) in [7, 11) is 0. The van der Waals surface area contributed by atoms with Gasteiger partial charge in [-0.3, -0.25) is 9.59 Å². The Morgan fingerprint density at radius 3 is 2.21 bits per heavy atom. The molecule has 0 bridgehead atoms. The molecule has 0 fully saturated rings. The highest BCUT2D eigenvalue weighted by Gasteiger charge is 2.16. The molecular weight excluding hydrogens is 180 g/mol. The van der Waals surface area contributed by atoms with Gasteiger partial charge in [0.05, 0.1) is 0 Å². The Bertz CT molecular complexity index is 187. The second-order valence-electron chi connectivity index (χ2n) is 3.56. The Hall–Kier alpha value is -0.860. The van der Waals surface area contributed by atoms with Crippen molar-refractivity contribution in [1.29, 1.82) is 0 Å². The van der Waals surface area contributed by atoms with E-state index in [-0.39, 0.29) is 11.8 Å².